The summed E-state index contributed by atoms with van der Waals surface area (Å²) in [7, 11) is 1.47. The van der Waals surface area contributed by atoms with Crippen LogP contribution in [-0.2, 0) is 38.2 Å². The van der Waals surface area contributed by atoms with Crippen LogP contribution >= 0.6 is 0 Å². The molecule has 1 saturated carbocycles. The van der Waals surface area contributed by atoms with Gasteiger partial charge in [0, 0.05) is 68.8 Å². The molecule has 1 saturated heterocycles. The van der Waals surface area contributed by atoms with Gasteiger partial charge in [-0.1, -0.05) is 26.0 Å². The predicted molar refractivity (Wildman–Crippen MR) is 137 cm³/mol. The summed E-state index contributed by atoms with van der Waals surface area (Å²) in [6, 6.07) is 0. The Balaban J connectivity index is 1.94. The zero-order chi connectivity index (χ0) is 28.0. The van der Waals surface area contributed by atoms with Gasteiger partial charge in [0.1, 0.15) is 18.0 Å². The number of nitrogens with zero attached hydrogens (tertiary/aromatic N) is 1. The van der Waals surface area contributed by atoms with Crippen molar-refractivity contribution in [2.24, 2.45) is 28.6 Å². The molecule has 0 amide bonds. The number of cyclic esters (lactones) is 1. The van der Waals surface area contributed by atoms with Crippen LogP contribution in [0.25, 0.3) is 0 Å². The first kappa shape index (κ1) is 28.1. The fraction of sp³-hybridized carbons (Fsp3) is 0.621. The van der Waals surface area contributed by atoms with Crippen molar-refractivity contribution in [2.75, 3.05) is 33.4 Å². The second kappa shape index (κ2) is 10.3. The number of Topliss-reactive ketones (excluding diaryl/α,β-unsaturated/α-hetero) is 3. The van der Waals surface area contributed by atoms with E-state index in [2.05, 4.69) is 13.2 Å². The SMILES string of the molecule is C=CCN(CC=C)CC1C(=O)OC(COC)C2(C)C3=C(C(=O)C(=O)C12)C1CCC(=O)C1(C)CC3OC(C)=O. The first-order valence-electron chi connectivity index (χ1n) is 13.1. The molecular weight excluding hydrogens is 490 g/mol. The van der Waals surface area contributed by atoms with Gasteiger partial charge in [0.15, 0.2) is 0 Å². The molecule has 1 heterocycles. The molecule has 0 aromatic rings. The summed E-state index contributed by atoms with van der Waals surface area (Å²) in [5.74, 6) is -4.99. The van der Waals surface area contributed by atoms with Crippen molar-refractivity contribution in [3.63, 3.8) is 0 Å². The quantitative estimate of drug-likeness (QED) is 0.253. The molecule has 206 valence electrons. The number of ether oxygens (including phenoxy) is 3. The molecule has 0 aromatic carbocycles. The lowest BCUT2D eigenvalue weighted by atomic mass is 9.49. The Kier molecular flexibility index (Phi) is 7.65. The van der Waals surface area contributed by atoms with Crippen LogP contribution in [0.5, 0.6) is 0 Å². The van der Waals surface area contributed by atoms with E-state index in [0.717, 1.165) is 0 Å². The molecule has 4 aliphatic rings. The number of fused-ring (bicyclic) bond motifs is 4. The highest BCUT2D eigenvalue weighted by atomic mass is 16.6. The standard InChI is InChI=1S/C29H37NO8/c1-7-11-30(12-8-2)14-17-23-26(34)25(33)22-18-9-10-20(32)28(18,4)13-19(37-16(3)31)24(22)29(23,5)21(15-36-6)38-27(17)35/h7-8,17-19,21,23H,1-2,9-15H2,3-6H3. The first-order chi connectivity index (χ1) is 17.9. The topological polar surface area (TPSA) is 116 Å². The van der Waals surface area contributed by atoms with E-state index in [-0.39, 0.29) is 37.3 Å². The number of hydrogen-bond acceptors (Lipinski definition) is 9. The van der Waals surface area contributed by atoms with Crippen molar-refractivity contribution in [1.29, 1.82) is 0 Å². The highest BCUT2D eigenvalue weighted by Crippen LogP contribution is 2.62. The van der Waals surface area contributed by atoms with Gasteiger partial charge in [-0.3, -0.25) is 28.9 Å². The van der Waals surface area contributed by atoms with Gasteiger partial charge < -0.3 is 14.2 Å². The Bertz CT molecular complexity index is 1110. The number of methoxy groups -OCH3 is 1. The number of hydrogen-bond donors (Lipinski definition) is 0. The lowest BCUT2D eigenvalue weighted by molar-refractivity contribution is -0.194. The van der Waals surface area contributed by atoms with Crippen molar-refractivity contribution in [1.82, 2.24) is 4.90 Å². The van der Waals surface area contributed by atoms with Crippen LogP contribution < -0.4 is 0 Å². The summed E-state index contributed by atoms with van der Waals surface area (Å²) in [6.07, 6.45) is 2.49. The van der Waals surface area contributed by atoms with Crippen LogP contribution in [0.4, 0.5) is 0 Å². The van der Waals surface area contributed by atoms with Gasteiger partial charge in [-0.15, -0.1) is 13.2 Å². The van der Waals surface area contributed by atoms with Crippen molar-refractivity contribution < 1.29 is 38.2 Å². The third-order valence-corrected chi connectivity index (χ3v) is 9.10. The Morgan fingerprint density at radius 1 is 1.16 bits per heavy atom. The number of carbonyl (C=O) groups is 5. The molecule has 0 radical (unpaired) electrons. The minimum Gasteiger partial charge on any atom is -0.459 e. The van der Waals surface area contributed by atoms with Crippen molar-refractivity contribution in [3.8, 4) is 0 Å². The molecule has 4 rings (SSSR count). The van der Waals surface area contributed by atoms with Crippen LogP contribution in [0, 0.1) is 28.6 Å². The minimum atomic E-state index is -1.18. The second-order valence-electron chi connectivity index (χ2n) is 11.3. The summed E-state index contributed by atoms with van der Waals surface area (Å²) in [5, 5.41) is 0. The molecule has 0 N–H and O–H groups in total. The highest BCUT2D eigenvalue weighted by Gasteiger charge is 2.68. The summed E-state index contributed by atoms with van der Waals surface area (Å²) in [4.78, 5) is 68.6. The predicted octanol–water partition coefficient (Wildman–Crippen LogP) is 2.24. The Morgan fingerprint density at radius 3 is 2.39 bits per heavy atom. The van der Waals surface area contributed by atoms with Gasteiger partial charge in [-0.25, -0.2) is 0 Å². The van der Waals surface area contributed by atoms with Gasteiger partial charge in [0.25, 0.3) is 0 Å². The third-order valence-electron chi connectivity index (χ3n) is 9.10. The van der Waals surface area contributed by atoms with E-state index >= 15 is 0 Å². The first-order valence-corrected chi connectivity index (χ1v) is 13.1. The lowest BCUT2D eigenvalue weighted by Gasteiger charge is -2.56. The zero-order valence-electron chi connectivity index (χ0n) is 22.6. The van der Waals surface area contributed by atoms with Gasteiger partial charge in [-0.05, 0) is 12.0 Å². The monoisotopic (exact) mass is 527 g/mol. The fourth-order valence-electron chi connectivity index (χ4n) is 7.44. The van der Waals surface area contributed by atoms with Crippen LogP contribution in [-0.4, -0.2) is 79.7 Å². The summed E-state index contributed by atoms with van der Waals surface area (Å²) in [5.41, 5.74) is -1.36. The van der Waals surface area contributed by atoms with E-state index in [1.165, 1.54) is 14.0 Å². The zero-order valence-corrected chi connectivity index (χ0v) is 22.6. The molecule has 0 spiro atoms. The van der Waals surface area contributed by atoms with E-state index in [1.54, 1.807) is 19.1 Å². The summed E-state index contributed by atoms with van der Waals surface area (Å²) < 4.78 is 17.2. The number of allylic oxidation sites excluding steroid dienone is 1. The largest absolute Gasteiger partial charge is 0.459 e. The summed E-state index contributed by atoms with van der Waals surface area (Å²) in [6.45, 7) is 13.4. The maximum atomic E-state index is 14.0. The Morgan fingerprint density at radius 2 is 1.82 bits per heavy atom. The molecule has 9 nitrogen and oxygen atoms in total. The van der Waals surface area contributed by atoms with Gasteiger partial charge in [-0.2, -0.15) is 0 Å². The third kappa shape index (κ3) is 4.20. The maximum Gasteiger partial charge on any atom is 0.311 e. The van der Waals surface area contributed by atoms with Crippen molar-refractivity contribution >= 4 is 29.3 Å². The molecule has 9 heteroatoms. The Labute approximate surface area is 223 Å². The van der Waals surface area contributed by atoms with Gasteiger partial charge in [0.05, 0.1) is 18.4 Å². The molecular formula is C29H37NO8. The second-order valence-corrected chi connectivity index (χ2v) is 11.3. The van der Waals surface area contributed by atoms with Crippen LogP contribution in [0.1, 0.15) is 40.0 Å². The summed E-state index contributed by atoms with van der Waals surface area (Å²) >= 11 is 0. The number of ketones is 3. The molecule has 7 atom stereocenters. The average Bonchev–Trinajstić information content (AvgIpc) is 3.13. The van der Waals surface area contributed by atoms with Gasteiger partial charge >= 0.3 is 11.9 Å². The average molecular weight is 528 g/mol. The highest BCUT2D eigenvalue weighted by molar-refractivity contribution is 6.46. The maximum absolute atomic E-state index is 14.0. The van der Waals surface area contributed by atoms with E-state index < -0.39 is 64.3 Å². The molecule has 3 aliphatic carbocycles. The van der Waals surface area contributed by atoms with Crippen LogP contribution in [0.15, 0.2) is 36.5 Å². The molecule has 7 unspecified atom stereocenters. The van der Waals surface area contributed by atoms with E-state index in [9.17, 15) is 24.0 Å². The number of carbonyl (C=O) groups excluding carboxylic acids is 5. The molecule has 0 aromatic heterocycles. The number of rotatable bonds is 9. The fourth-order valence-corrected chi connectivity index (χ4v) is 7.44. The van der Waals surface area contributed by atoms with Crippen LogP contribution in [0.3, 0.4) is 0 Å². The van der Waals surface area contributed by atoms with Crippen molar-refractivity contribution in [3.05, 3.63) is 36.5 Å². The van der Waals surface area contributed by atoms with E-state index in [4.69, 9.17) is 14.2 Å². The van der Waals surface area contributed by atoms with Crippen LogP contribution in [0.2, 0.25) is 0 Å². The number of esters is 2. The van der Waals surface area contributed by atoms with E-state index in [0.29, 0.717) is 25.1 Å². The van der Waals surface area contributed by atoms with Crippen molar-refractivity contribution in [2.45, 2.75) is 52.2 Å². The Hall–Kier alpha value is -2.91. The smallest absolute Gasteiger partial charge is 0.311 e. The van der Waals surface area contributed by atoms with Gasteiger partial charge in [0.2, 0.25) is 11.6 Å². The lowest BCUT2D eigenvalue weighted by Crippen LogP contribution is -2.65. The molecule has 38 heavy (non-hydrogen) atoms. The molecule has 0 bridgehead atoms. The normalized spacial score (nSPS) is 36.4. The molecule has 2 fully saturated rings. The molecule has 1 aliphatic heterocycles. The minimum absolute atomic E-state index is 0.00962. The van der Waals surface area contributed by atoms with E-state index in [1.807, 2.05) is 11.8 Å².